The van der Waals surface area contributed by atoms with E-state index < -0.39 is 0 Å². The Morgan fingerprint density at radius 1 is 1.44 bits per heavy atom. The van der Waals surface area contributed by atoms with E-state index in [0.29, 0.717) is 6.54 Å². The van der Waals surface area contributed by atoms with Crippen molar-refractivity contribution in [3.63, 3.8) is 0 Å². The minimum Gasteiger partial charge on any atom is -0.377 e. The maximum Gasteiger partial charge on any atom is 0.0694 e. The molecule has 4 nitrogen and oxygen atoms in total. The molecule has 2 rings (SSSR count). The van der Waals surface area contributed by atoms with Gasteiger partial charge in [-0.3, -0.25) is 4.98 Å². The van der Waals surface area contributed by atoms with Crippen LogP contribution in [0.1, 0.15) is 30.8 Å². The van der Waals surface area contributed by atoms with Gasteiger partial charge in [0.25, 0.3) is 0 Å². The van der Waals surface area contributed by atoms with E-state index in [2.05, 4.69) is 29.8 Å². The number of anilines is 1. The predicted octanol–water partition coefficient (Wildman–Crippen LogP) is 1.77. The lowest BCUT2D eigenvalue weighted by atomic mass is 9.99. The van der Waals surface area contributed by atoms with Crippen molar-refractivity contribution in [3.8, 4) is 0 Å². The topological polar surface area (TPSA) is 51.4 Å². The van der Waals surface area contributed by atoms with Gasteiger partial charge in [0.15, 0.2) is 0 Å². The zero-order valence-corrected chi connectivity index (χ0v) is 11.8. The van der Waals surface area contributed by atoms with Crippen LogP contribution in [0, 0.1) is 13.8 Å². The van der Waals surface area contributed by atoms with Gasteiger partial charge in [0, 0.05) is 35.7 Å². The molecular formula is C14H23N3O. The number of aromatic nitrogens is 1. The summed E-state index contributed by atoms with van der Waals surface area (Å²) in [6.45, 7) is 11.4. The van der Waals surface area contributed by atoms with Gasteiger partial charge in [-0.05, 0) is 33.8 Å². The van der Waals surface area contributed by atoms with Gasteiger partial charge in [-0.25, -0.2) is 0 Å². The van der Waals surface area contributed by atoms with E-state index >= 15 is 0 Å². The van der Waals surface area contributed by atoms with Crippen LogP contribution in [0.15, 0.2) is 6.07 Å². The van der Waals surface area contributed by atoms with Gasteiger partial charge in [-0.15, -0.1) is 0 Å². The van der Waals surface area contributed by atoms with Crippen LogP contribution in [0.3, 0.4) is 0 Å². The number of ether oxygens (including phenoxy) is 1. The fourth-order valence-electron chi connectivity index (χ4n) is 2.63. The molecule has 0 spiro atoms. The monoisotopic (exact) mass is 249 g/mol. The van der Waals surface area contributed by atoms with Crippen molar-refractivity contribution < 1.29 is 4.74 Å². The Labute approximate surface area is 109 Å². The Morgan fingerprint density at radius 3 is 2.78 bits per heavy atom. The largest absolute Gasteiger partial charge is 0.377 e. The highest BCUT2D eigenvalue weighted by molar-refractivity contribution is 5.58. The number of aryl methyl sites for hydroxylation is 2. The van der Waals surface area contributed by atoms with E-state index in [1.54, 1.807) is 0 Å². The number of pyridine rings is 1. The Morgan fingerprint density at radius 2 is 2.17 bits per heavy atom. The number of morpholine rings is 1. The first kappa shape index (κ1) is 13.3. The molecule has 0 bridgehead atoms. The van der Waals surface area contributed by atoms with Gasteiger partial charge in [-0.1, -0.05) is 0 Å². The van der Waals surface area contributed by atoms with E-state index in [4.69, 9.17) is 10.5 Å². The molecular weight excluding hydrogens is 226 g/mol. The summed E-state index contributed by atoms with van der Waals surface area (Å²) >= 11 is 0. The summed E-state index contributed by atoms with van der Waals surface area (Å²) in [5, 5.41) is 0. The van der Waals surface area contributed by atoms with Gasteiger partial charge in [0.2, 0.25) is 0 Å². The standard InChI is InChI=1S/C14H23N3O/c1-10-7-13(12(8-15)11(2)16-10)17-5-6-18-9-14(17,3)4/h7H,5-6,8-9,15H2,1-4H3. The van der Waals surface area contributed by atoms with Crippen molar-refractivity contribution in [1.29, 1.82) is 0 Å². The molecule has 18 heavy (non-hydrogen) atoms. The third kappa shape index (κ3) is 2.35. The second kappa shape index (κ2) is 4.86. The second-order valence-corrected chi connectivity index (χ2v) is 5.57. The average molecular weight is 249 g/mol. The zero-order valence-electron chi connectivity index (χ0n) is 11.8. The fraction of sp³-hybridized carbons (Fsp3) is 0.643. The van der Waals surface area contributed by atoms with Crippen molar-refractivity contribution in [2.75, 3.05) is 24.7 Å². The van der Waals surface area contributed by atoms with Gasteiger partial charge in [-0.2, -0.15) is 0 Å². The second-order valence-electron chi connectivity index (χ2n) is 5.57. The summed E-state index contributed by atoms with van der Waals surface area (Å²) in [7, 11) is 0. The summed E-state index contributed by atoms with van der Waals surface area (Å²) in [6.07, 6.45) is 0. The highest BCUT2D eigenvalue weighted by atomic mass is 16.5. The smallest absolute Gasteiger partial charge is 0.0694 e. The fourth-order valence-corrected chi connectivity index (χ4v) is 2.63. The SMILES string of the molecule is Cc1cc(N2CCOCC2(C)C)c(CN)c(C)n1. The Bertz CT molecular complexity index is 443. The minimum atomic E-state index is 0.00238. The van der Waals surface area contributed by atoms with E-state index in [1.807, 2.05) is 13.8 Å². The van der Waals surface area contributed by atoms with Crippen molar-refractivity contribution >= 4 is 5.69 Å². The molecule has 0 radical (unpaired) electrons. The molecule has 2 heterocycles. The third-order valence-electron chi connectivity index (χ3n) is 3.58. The highest BCUT2D eigenvalue weighted by Crippen LogP contribution is 2.31. The molecule has 0 atom stereocenters. The number of rotatable bonds is 2. The molecule has 1 saturated heterocycles. The summed E-state index contributed by atoms with van der Waals surface area (Å²) in [6, 6.07) is 2.14. The van der Waals surface area contributed by atoms with Crippen molar-refractivity contribution in [2.24, 2.45) is 5.73 Å². The quantitative estimate of drug-likeness (QED) is 0.868. The summed E-state index contributed by atoms with van der Waals surface area (Å²) in [5.74, 6) is 0. The summed E-state index contributed by atoms with van der Waals surface area (Å²) < 4.78 is 5.58. The van der Waals surface area contributed by atoms with E-state index in [-0.39, 0.29) is 5.54 Å². The van der Waals surface area contributed by atoms with Crippen LogP contribution in [-0.4, -0.2) is 30.3 Å². The number of hydrogen-bond donors (Lipinski definition) is 1. The molecule has 0 saturated carbocycles. The first-order valence-corrected chi connectivity index (χ1v) is 6.48. The molecule has 1 aromatic rings. The molecule has 1 fully saturated rings. The molecule has 0 amide bonds. The van der Waals surface area contributed by atoms with Crippen LogP contribution >= 0.6 is 0 Å². The molecule has 0 aliphatic carbocycles. The number of nitrogens with two attached hydrogens (primary N) is 1. The van der Waals surface area contributed by atoms with Gasteiger partial charge in [0.05, 0.1) is 18.8 Å². The van der Waals surface area contributed by atoms with Gasteiger partial charge < -0.3 is 15.4 Å². The molecule has 1 aliphatic heterocycles. The summed E-state index contributed by atoms with van der Waals surface area (Å²) in [4.78, 5) is 6.91. The lowest BCUT2D eigenvalue weighted by molar-refractivity contribution is 0.0643. The van der Waals surface area contributed by atoms with Crippen LogP contribution in [0.5, 0.6) is 0 Å². The molecule has 0 unspecified atom stereocenters. The third-order valence-corrected chi connectivity index (χ3v) is 3.58. The molecule has 100 valence electrons. The van der Waals surface area contributed by atoms with Crippen molar-refractivity contribution in [1.82, 2.24) is 4.98 Å². The Hall–Kier alpha value is -1.13. The Balaban J connectivity index is 2.49. The van der Waals surface area contributed by atoms with E-state index in [9.17, 15) is 0 Å². The zero-order chi connectivity index (χ0) is 13.3. The molecule has 4 heteroatoms. The van der Waals surface area contributed by atoms with Crippen LogP contribution < -0.4 is 10.6 Å². The number of hydrogen-bond acceptors (Lipinski definition) is 4. The van der Waals surface area contributed by atoms with Crippen molar-refractivity contribution in [3.05, 3.63) is 23.0 Å². The lowest BCUT2D eigenvalue weighted by Gasteiger charge is -2.44. The van der Waals surface area contributed by atoms with E-state index in [0.717, 1.165) is 36.7 Å². The molecule has 1 aromatic heterocycles. The predicted molar refractivity (Wildman–Crippen MR) is 73.8 cm³/mol. The van der Waals surface area contributed by atoms with Gasteiger partial charge >= 0.3 is 0 Å². The van der Waals surface area contributed by atoms with Gasteiger partial charge in [0.1, 0.15) is 0 Å². The highest BCUT2D eigenvalue weighted by Gasteiger charge is 2.32. The van der Waals surface area contributed by atoms with E-state index in [1.165, 1.54) is 5.69 Å². The Kier molecular flexibility index (Phi) is 3.59. The first-order chi connectivity index (χ1) is 8.45. The van der Waals surface area contributed by atoms with Crippen LogP contribution in [-0.2, 0) is 11.3 Å². The van der Waals surface area contributed by atoms with Crippen LogP contribution in [0.4, 0.5) is 5.69 Å². The number of nitrogens with zero attached hydrogens (tertiary/aromatic N) is 2. The van der Waals surface area contributed by atoms with Crippen LogP contribution in [0.25, 0.3) is 0 Å². The van der Waals surface area contributed by atoms with Crippen LogP contribution in [0.2, 0.25) is 0 Å². The molecule has 1 aliphatic rings. The summed E-state index contributed by atoms with van der Waals surface area (Å²) in [5.41, 5.74) is 10.3. The molecule has 2 N–H and O–H groups in total. The maximum atomic E-state index is 5.90. The average Bonchev–Trinajstić information content (AvgIpc) is 2.27. The normalized spacial score (nSPS) is 19.1. The lowest BCUT2D eigenvalue weighted by Crippen LogP contribution is -2.53. The molecule has 0 aromatic carbocycles. The van der Waals surface area contributed by atoms with Crippen molar-refractivity contribution in [2.45, 2.75) is 39.8 Å². The maximum absolute atomic E-state index is 5.90. The minimum absolute atomic E-state index is 0.00238. The first-order valence-electron chi connectivity index (χ1n) is 6.48.